The van der Waals surface area contributed by atoms with Crippen LogP contribution in [0.5, 0.6) is 0 Å². The van der Waals surface area contributed by atoms with Crippen molar-refractivity contribution in [1.82, 2.24) is 0 Å². The van der Waals surface area contributed by atoms with E-state index in [1.807, 2.05) is 6.92 Å². The van der Waals surface area contributed by atoms with Gasteiger partial charge in [-0.25, -0.2) is 4.79 Å². The minimum atomic E-state index is -0.670. The Morgan fingerprint density at radius 3 is 2.64 bits per heavy atom. The van der Waals surface area contributed by atoms with Gasteiger partial charge in [-0.2, -0.15) is 0 Å². The molecular weight excluding hydrogens is 148 g/mol. The molecule has 0 saturated heterocycles. The fraction of sp³-hybridized carbons (Fsp3) is 0.571. The predicted octanol–water partition coefficient (Wildman–Crippen LogP) is 0.374. The van der Waals surface area contributed by atoms with E-state index < -0.39 is 12.6 Å². The first-order valence-electron chi connectivity index (χ1n) is 3.37. The Morgan fingerprint density at radius 2 is 2.27 bits per heavy atom. The average molecular weight is 160 g/mol. The van der Waals surface area contributed by atoms with Gasteiger partial charge in [0.1, 0.15) is 0 Å². The number of aliphatic hydroxyl groups is 2. The summed E-state index contributed by atoms with van der Waals surface area (Å²) in [6.45, 7) is 1.66. The normalized spacial score (nSPS) is 11.3. The van der Waals surface area contributed by atoms with Crippen LogP contribution in [-0.2, 0) is 9.53 Å². The first kappa shape index (κ1) is 9.97. The van der Waals surface area contributed by atoms with Gasteiger partial charge in [0.15, 0.2) is 0 Å². The minimum absolute atomic E-state index is 0.126. The molecule has 0 saturated carbocycles. The molecule has 11 heavy (non-hydrogen) atoms. The van der Waals surface area contributed by atoms with Crippen LogP contribution in [0.2, 0.25) is 0 Å². The molecule has 0 heterocycles. The second-order valence-electron chi connectivity index (χ2n) is 1.95. The van der Waals surface area contributed by atoms with Crippen molar-refractivity contribution < 1.29 is 19.7 Å². The first-order chi connectivity index (χ1) is 5.26. The van der Waals surface area contributed by atoms with Gasteiger partial charge >= 0.3 is 5.97 Å². The van der Waals surface area contributed by atoms with Crippen molar-refractivity contribution in [1.29, 1.82) is 0 Å². The highest BCUT2D eigenvalue weighted by Crippen LogP contribution is 1.95. The van der Waals surface area contributed by atoms with E-state index in [2.05, 4.69) is 4.74 Å². The molecule has 4 heteroatoms. The van der Waals surface area contributed by atoms with Crippen LogP contribution >= 0.6 is 0 Å². The Morgan fingerprint density at radius 1 is 1.64 bits per heavy atom. The van der Waals surface area contributed by atoms with Crippen molar-refractivity contribution in [3.05, 3.63) is 11.8 Å². The highest BCUT2D eigenvalue weighted by molar-refractivity contribution is 5.88. The van der Waals surface area contributed by atoms with Crippen LogP contribution < -0.4 is 0 Å². The van der Waals surface area contributed by atoms with Crippen molar-refractivity contribution >= 4 is 5.97 Å². The Labute approximate surface area is 65.1 Å². The Kier molecular flexibility index (Phi) is 5.20. The molecule has 2 N–H and O–H groups in total. The van der Waals surface area contributed by atoms with Crippen LogP contribution in [0.15, 0.2) is 11.8 Å². The maximum absolute atomic E-state index is 10.8. The van der Waals surface area contributed by atoms with Gasteiger partial charge in [0, 0.05) is 0 Å². The number of hydrogen-bond acceptors (Lipinski definition) is 4. The fourth-order valence-electron chi connectivity index (χ4n) is 0.446. The Bertz CT molecular complexity index is 151. The van der Waals surface area contributed by atoms with Crippen molar-refractivity contribution in [2.75, 3.05) is 13.2 Å². The maximum atomic E-state index is 10.8. The lowest BCUT2D eigenvalue weighted by atomic mass is 10.3. The van der Waals surface area contributed by atoms with E-state index in [4.69, 9.17) is 10.2 Å². The molecule has 0 aromatic heterocycles. The lowest BCUT2D eigenvalue weighted by Gasteiger charge is -2.02. The van der Waals surface area contributed by atoms with E-state index in [9.17, 15) is 4.79 Å². The topological polar surface area (TPSA) is 66.8 Å². The van der Waals surface area contributed by atoms with E-state index >= 15 is 0 Å². The van der Waals surface area contributed by atoms with Crippen LogP contribution in [0, 0.1) is 0 Å². The van der Waals surface area contributed by atoms with Crippen LogP contribution in [0.25, 0.3) is 0 Å². The standard InChI is InChI=1S/C7H12O4/c1-2-3-11-7(10)6(4-8)5-9/h4,8-9H,2-3,5H2,1H3. The van der Waals surface area contributed by atoms with Gasteiger partial charge in [0.05, 0.1) is 25.0 Å². The van der Waals surface area contributed by atoms with Crippen LogP contribution in [0.4, 0.5) is 0 Å². The second kappa shape index (κ2) is 5.73. The zero-order chi connectivity index (χ0) is 8.69. The molecule has 0 radical (unpaired) electrons. The van der Waals surface area contributed by atoms with E-state index in [0.29, 0.717) is 12.9 Å². The third kappa shape index (κ3) is 3.62. The summed E-state index contributed by atoms with van der Waals surface area (Å²) in [5.41, 5.74) is -0.126. The number of ether oxygens (including phenoxy) is 1. The molecule has 64 valence electrons. The zero-order valence-electron chi connectivity index (χ0n) is 6.41. The first-order valence-corrected chi connectivity index (χ1v) is 3.37. The summed E-state index contributed by atoms with van der Waals surface area (Å²) < 4.78 is 4.61. The predicted molar refractivity (Wildman–Crippen MR) is 39.0 cm³/mol. The van der Waals surface area contributed by atoms with Crippen molar-refractivity contribution in [3.8, 4) is 0 Å². The van der Waals surface area contributed by atoms with Crippen LogP contribution in [0.3, 0.4) is 0 Å². The summed E-state index contributed by atoms with van der Waals surface area (Å²) in [5.74, 6) is -0.670. The van der Waals surface area contributed by atoms with Crippen molar-refractivity contribution in [2.24, 2.45) is 0 Å². The van der Waals surface area contributed by atoms with Crippen molar-refractivity contribution in [2.45, 2.75) is 13.3 Å². The zero-order valence-corrected chi connectivity index (χ0v) is 6.41. The maximum Gasteiger partial charge on any atom is 0.339 e. The van der Waals surface area contributed by atoms with E-state index in [1.165, 1.54) is 0 Å². The number of rotatable bonds is 4. The van der Waals surface area contributed by atoms with Crippen LogP contribution in [-0.4, -0.2) is 29.4 Å². The number of hydrogen-bond donors (Lipinski definition) is 2. The monoisotopic (exact) mass is 160 g/mol. The van der Waals surface area contributed by atoms with E-state index in [1.54, 1.807) is 0 Å². The van der Waals surface area contributed by atoms with Gasteiger partial charge in [-0.3, -0.25) is 0 Å². The molecular formula is C7H12O4. The quantitative estimate of drug-likeness (QED) is 0.354. The summed E-state index contributed by atoms with van der Waals surface area (Å²) in [4.78, 5) is 10.8. The molecule has 0 aliphatic rings. The molecule has 0 aliphatic carbocycles. The highest BCUT2D eigenvalue weighted by atomic mass is 16.5. The molecule has 0 aromatic carbocycles. The van der Waals surface area contributed by atoms with E-state index in [-0.39, 0.29) is 5.57 Å². The molecule has 0 spiro atoms. The number of carbonyl (C=O) groups is 1. The van der Waals surface area contributed by atoms with Gasteiger partial charge < -0.3 is 14.9 Å². The summed E-state index contributed by atoms with van der Waals surface area (Å²) in [6.07, 6.45) is 1.27. The Balaban J connectivity index is 3.81. The third-order valence-electron chi connectivity index (χ3n) is 1.03. The van der Waals surface area contributed by atoms with Crippen LogP contribution in [0.1, 0.15) is 13.3 Å². The molecule has 0 unspecified atom stereocenters. The molecule has 4 nitrogen and oxygen atoms in total. The molecule has 0 amide bonds. The molecule has 0 aliphatic heterocycles. The van der Waals surface area contributed by atoms with Crippen molar-refractivity contribution in [3.63, 3.8) is 0 Å². The molecule has 0 fully saturated rings. The molecule has 0 atom stereocenters. The summed E-state index contributed by atoms with van der Waals surface area (Å²) in [6, 6.07) is 0. The minimum Gasteiger partial charge on any atom is -0.515 e. The van der Waals surface area contributed by atoms with Gasteiger partial charge in [0.25, 0.3) is 0 Å². The average Bonchev–Trinajstić information content (AvgIpc) is 2.03. The number of esters is 1. The smallest absolute Gasteiger partial charge is 0.339 e. The molecule has 0 rings (SSSR count). The third-order valence-corrected chi connectivity index (χ3v) is 1.03. The number of carbonyl (C=O) groups excluding carboxylic acids is 1. The molecule has 0 bridgehead atoms. The van der Waals surface area contributed by atoms with Gasteiger partial charge in [-0.1, -0.05) is 6.92 Å². The summed E-state index contributed by atoms with van der Waals surface area (Å²) in [5, 5.41) is 16.8. The van der Waals surface area contributed by atoms with Gasteiger partial charge in [-0.15, -0.1) is 0 Å². The summed E-state index contributed by atoms with van der Waals surface area (Å²) >= 11 is 0. The Hall–Kier alpha value is -1.03. The van der Waals surface area contributed by atoms with Gasteiger partial charge in [0.2, 0.25) is 0 Å². The lowest BCUT2D eigenvalue weighted by Crippen LogP contribution is -2.11. The largest absolute Gasteiger partial charge is 0.515 e. The lowest BCUT2D eigenvalue weighted by molar-refractivity contribution is -0.139. The van der Waals surface area contributed by atoms with Gasteiger partial charge in [-0.05, 0) is 6.42 Å². The highest BCUT2D eigenvalue weighted by Gasteiger charge is 2.08. The SMILES string of the molecule is CCCOC(=O)C(=CO)CO. The summed E-state index contributed by atoms with van der Waals surface area (Å²) in [7, 11) is 0. The molecule has 0 aromatic rings. The van der Waals surface area contributed by atoms with E-state index in [0.717, 1.165) is 6.42 Å². The fourth-order valence-corrected chi connectivity index (χ4v) is 0.446. The second-order valence-corrected chi connectivity index (χ2v) is 1.95. The number of aliphatic hydroxyl groups excluding tert-OH is 2.